The molecule has 0 aliphatic carbocycles. The van der Waals surface area contributed by atoms with E-state index in [0.717, 1.165) is 6.42 Å². The summed E-state index contributed by atoms with van der Waals surface area (Å²) in [5, 5.41) is 2.71. The van der Waals surface area contributed by atoms with Crippen molar-refractivity contribution in [1.82, 2.24) is 0 Å². The largest absolute Gasteiger partial charge is 0.326 e. The number of thiol groups is 1. The van der Waals surface area contributed by atoms with Crippen molar-refractivity contribution in [2.45, 2.75) is 25.2 Å². The lowest BCUT2D eigenvalue weighted by atomic mass is 9.98. The number of hydrogen-bond acceptors (Lipinski definition) is 4. The normalized spacial score (nSPS) is 13.2. The fourth-order valence-corrected chi connectivity index (χ4v) is 2.58. The Morgan fingerprint density at radius 1 is 1.30 bits per heavy atom. The van der Waals surface area contributed by atoms with Gasteiger partial charge in [-0.15, -0.1) is 0 Å². The first-order chi connectivity index (χ1) is 9.24. The molecule has 1 unspecified atom stereocenters. The van der Waals surface area contributed by atoms with Crippen LogP contribution in [0.2, 0.25) is 0 Å². The lowest BCUT2D eigenvalue weighted by Crippen LogP contribution is -2.25. The first-order valence-electron chi connectivity index (χ1n) is 6.23. The van der Waals surface area contributed by atoms with Gasteiger partial charge in [-0.2, -0.15) is 21.0 Å². The van der Waals surface area contributed by atoms with E-state index in [4.69, 9.17) is 4.55 Å². The van der Waals surface area contributed by atoms with Crippen LogP contribution in [0.25, 0.3) is 0 Å². The fourth-order valence-electron chi connectivity index (χ4n) is 1.79. The molecule has 1 rings (SSSR count). The highest BCUT2D eigenvalue weighted by molar-refractivity contribution is 7.85. The van der Waals surface area contributed by atoms with Gasteiger partial charge in [0, 0.05) is 17.4 Å². The molecule has 0 spiro atoms. The number of anilines is 1. The molecule has 2 N–H and O–H groups in total. The maximum atomic E-state index is 12.0. The van der Waals surface area contributed by atoms with E-state index in [9.17, 15) is 13.2 Å². The first-order valence-corrected chi connectivity index (χ1v) is 8.30. The van der Waals surface area contributed by atoms with Gasteiger partial charge in [0.25, 0.3) is 10.1 Å². The molecular weight excluding hydrogens is 298 g/mol. The van der Waals surface area contributed by atoms with E-state index in [-0.39, 0.29) is 16.7 Å². The summed E-state index contributed by atoms with van der Waals surface area (Å²) in [4.78, 5) is 11.8. The molecule has 0 saturated heterocycles. The van der Waals surface area contributed by atoms with Crippen LogP contribution in [-0.4, -0.2) is 24.6 Å². The summed E-state index contributed by atoms with van der Waals surface area (Å²) in [7, 11) is -4.21. The van der Waals surface area contributed by atoms with Crippen LogP contribution in [0.5, 0.6) is 0 Å². The highest BCUT2D eigenvalue weighted by Crippen LogP contribution is 2.18. The smallest absolute Gasteiger partial charge is 0.294 e. The molecule has 0 fully saturated rings. The Morgan fingerprint density at radius 2 is 1.85 bits per heavy atom. The predicted octanol–water partition coefficient (Wildman–Crippen LogP) is 2.46. The Bertz CT molecular complexity index is 552. The van der Waals surface area contributed by atoms with Crippen LogP contribution in [0.4, 0.5) is 5.69 Å². The monoisotopic (exact) mass is 317 g/mol. The third kappa shape index (κ3) is 5.15. The van der Waals surface area contributed by atoms with E-state index in [1.54, 1.807) is 0 Å². The van der Waals surface area contributed by atoms with Crippen molar-refractivity contribution in [3.05, 3.63) is 24.3 Å². The number of hydrogen-bond donors (Lipinski definition) is 3. The number of carbonyl (C=O) groups excluding carboxylic acids is 1. The Labute approximate surface area is 124 Å². The van der Waals surface area contributed by atoms with Crippen molar-refractivity contribution in [3.8, 4) is 0 Å². The molecular formula is C13H19NO4S2. The van der Waals surface area contributed by atoms with E-state index >= 15 is 0 Å². The van der Waals surface area contributed by atoms with Gasteiger partial charge in [-0.1, -0.05) is 13.8 Å². The van der Waals surface area contributed by atoms with Crippen LogP contribution in [0, 0.1) is 11.8 Å². The third-order valence-electron chi connectivity index (χ3n) is 2.77. The minimum Gasteiger partial charge on any atom is -0.326 e. The molecule has 1 aromatic carbocycles. The molecule has 1 atom stereocenters. The van der Waals surface area contributed by atoms with Crippen LogP contribution in [-0.2, 0) is 14.9 Å². The van der Waals surface area contributed by atoms with Gasteiger partial charge < -0.3 is 5.32 Å². The molecule has 7 heteroatoms. The van der Waals surface area contributed by atoms with Crippen LogP contribution in [0.1, 0.15) is 20.3 Å². The number of carbonyl (C=O) groups is 1. The molecule has 20 heavy (non-hydrogen) atoms. The third-order valence-corrected chi connectivity index (χ3v) is 4.08. The maximum absolute atomic E-state index is 12.0. The van der Waals surface area contributed by atoms with Crippen molar-refractivity contribution in [3.63, 3.8) is 0 Å². The van der Waals surface area contributed by atoms with Crippen molar-refractivity contribution in [2.75, 3.05) is 11.1 Å². The summed E-state index contributed by atoms with van der Waals surface area (Å²) in [6, 6.07) is 5.35. The van der Waals surface area contributed by atoms with Crippen molar-refractivity contribution >= 4 is 34.3 Å². The van der Waals surface area contributed by atoms with E-state index in [1.165, 1.54) is 24.3 Å². The number of benzene rings is 1. The SMILES string of the molecule is CC(C)CC(CS)C(=O)Nc1ccc(S(=O)(=O)O)cc1. The zero-order valence-electron chi connectivity index (χ0n) is 11.4. The van der Waals surface area contributed by atoms with Gasteiger partial charge in [0.05, 0.1) is 4.90 Å². The van der Waals surface area contributed by atoms with Crippen molar-refractivity contribution < 1.29 is 17.8 Å². The maximum Gasteiger partial charge on any atom is 0.294 e. The summed E-state index contributed by atoms with van der Waals surface area (Å²) >= 11 is 4.18. The summed E-state index contributed by atoms with van der Waals surface area (Å²) in [5.74, 6) is 0.500. The highest BCUT2D eigenvalue weighted by atomic mass is 32.2. The van der Waals surface area contributed by atoms with Gasteiger partial charge in [0.15, 0.2) is 0 Å². The van der Waals surface area contributed by atoms with Gasteiger partial charge in [0.1, 0.15) is 0 Å². The predicted molar refractivity (Wildman–Crippen MR) is 81.7 cm³/mol. The zero-order chi connectivity index (χ0) is 15.3. The van der Waals surface area contributed by atoms with E-state index < -0.39 is 10.1 Å². The fraction of sp³-hybridized carbons (Fsp3) is 0.462. The molecule has 0 saturated carbocycles. The second-order valence-electron chi connectivity index (χ2n) is 5.00. The first kappa shape index (κ1) is 17.0. The zero-order valence-corrected chi connectivity index (χ0v) is 13.1. The number of rotatable bonds is 6. The van der Waals surface area contributed by atoms with E-state index in [0.29, 0.717) is 17.4 Å². The molecule has 0 bridgehead atoms. The Kier molecular flexibility index (Phi) is 6.04. The molecule has 0 aromatic heterocycles. The molecule has 1 amide bonds. The lowest BCUT2D eigenvalue weighted by Gasteiger charge is -2.16. The van der Waals surface area contributed by atoms with Gasteiger partial charge in [-0.3, -0.25) is 9.35 Å². The van der Waals surface area contributed by atoms with E-state index in [1.807, 2.05) is 13.8 Å². The Hall–Kier alpha value is -1.05. The second kappa shape index (κ2) is 7.10. The Morgan fingerprint density at radius 3 is 2.25 bits per heavy atom. The van der Waals surface area contributed by atoms with E-state index in [2.05, 4.69) is 17.9 Å². The standard InChI is InChI=1S/C13H19NO4S2/c1-9(2)7-10(8-19)13(15)14-11-3-5-12(6-4-11)20(16,17)18/h3-6,9-10,19H,7-8H2,1-2H3,(H,14,15)(H,16,17,18). The van der Waals surface area contributed by atoms with Crippen LogP contribution in [0.3, 0.4) is 0 Å². The molecule has 0 aliphatic heterocycles. The van der Waals surface area contributed by atoms with Gasteiger partial charge in [0.2, 0.25) is 5.91 Å². The molecule has 112 valence electrons. The molecule has 5 nitrogen and oxygen atoms in total. The Balaban J connectivity index is 2.75. The van der Waals surface area contributed by atoms with Crippen molar-refractivity contribution in [1.29, 1.82) is 0 Å². The van der Waals surface area contributed by atoms with Gasteiger partial charge in [-0.05, 0) is 36.6 Å². The number of nitrogens with one attached hydrogen (secondary N) is 1. The molecule has 0 heterocycles. The van der Waals surface area contributed by atoms with Crippen LogP contribution < -0.4 is 5.32 Å². The quantitative estimate of drug-likeness (QED) is 0.556. The highest BCUT2D eigenvalue weighted by Gasteiger charge is 2.18. The summed E-state index contributed by atoms with van der Waals surface area (Å²) in [5.41, 5.74) is 0.484. The van der Waals surface area contributed by atoms with Gasteiger partial charge >= 0.3 is 0 Å². The van der Waals surface area contributed by atoms with Crippen LogP contribution in [0.15, 0.2) is 29.2 Å². The summed E-state index contributed by atoms with van der Waals surface area (Å²) < 4.78 is 30.7. The minimum absolute atomic E-state index is 0.145. The van der Waals surface area contributed by atoms with Crippen molar-refractivity contribution in [2.24, 2.45) is 11.8 Å². The molecule has 1 aromatic rings. The average molecular weight is 317 g/mol. The lowest BCUT2D eigenvalue weighted by molar-refractivity contribution is -0.119. The second-order valence-corrected chi connectivity index (χ2v) is 6.78. The molecule has 0 radical (unpaired) electrons. The average Bonchev–Trinajstić information content (AvgIpc) is 2.35. The molecule has 0 aliphatic rings. The van der Waals surface area contributed by atoms with Gasteiger partial charge in [-0.25, -0.2) is 0 Å². The number of amides is 1. The summed E-state index contributed by atoms with van der Waals surface area (Å²) in [6.45, 7) is 4.06. The van der Waals surface area contributed by atoms with Crippen LogP contribution >= 0.6 is 12.6 Å². The summed E-state index contributed by atoms with van der Waals surface area (Å²) in [6.07, 6.45) is 0.735. The topological polar surface area (TPSA) is 83.5 Å². The minimum atomic E-state index is -4.21.